The van der Waals surface area contributed by atoms with Gasteiger partial charge in [0.2, 0.25) is 0 Å². The molecule has 0 bridgehead atoms. The first kappa shape index (κ1) is 20.8. The minimum Gasteiger partial charge on any atom is -0.297 e. The van der Waals surface area contributed by atoms with Gasteiger partial charge in [-0.3, -0.25) is 9.62 Å². The van der Waals surface area contributed by atoms with E-state index in [4.69, 9.17) is 0 Å². The number of rotatable bonds is 6. The molecule has 156 valence electrons. The molecule has 1 aliphatic rings. The van der Waals surface area contributed by atoms with E-state index < -0.39 is 11.7 Å². The summed E-state index contributed by atoms with van der Waals surface area (Å²) in [6, 6.07) is 14.0. The van der Waals surface area contributed by atoms with Crippen LogP contribution in [-0.2, 0) is 12.7 Å². The minimum atomic E-state index is -4.32. The lowest BCUT2D eigenvalue weighted by Gasteiger charge is -2.17. The lowest BCUT2D eigenvalue weighted by molar-refractivity contribution is -0.137. The van der Waals surface area contributed by atoms with E-state index in [2.05, 4.69) is 43.9 Å². The number of hydrogen-bond donors (Lipinski definition) is 1. The van der Waals surface area contributed by atoms with Crippen LogP contribution >= 0.6 is 11.9 Å². The van der Waals surface area contributed by atoms with E-state index in [1.807, 2.05) is 0 Å². The van der Waals surface area contributed by atoms with Gasteiger partial charge in [0.15, 0.2) is 0 Å². The Morgan fingerprint density at radius 2 is 1.80 bits per heavy atom. The molecule has 0 spiro atoms. The summed E-state index contributed by atoms with van der Waals surface area (Å²) in [5, 5.41) is 0. The molecule has 4 nitrogen and oxygen atoms in total. The first-order valence-corrected chi connectivity index (χ1v) is 10.5. The molecule has 1 unspecified atom stereocenters. The molecule has 2 aromatic carbocycles. The molecular weight excluding hydrogens is 409 g/mol. The first-order chi connectivity index (χ1) is 14.5. The maximum atomic E-state index is 12.8. The summed E-state index contributed by atoms with van der Waals surface area (Å²) in [5.74, 6) is 0. The third-order valence-corrected chi connectivity index (χ3v) is 5.97. The maximum absolute atomic E-state index is 12.8. The summed E-state index contributed by atoms with van der Waals surface area (Å²) in [5.41, 5.74) is 2.67. The Hall–Kier alpha value is -2.42. The van der Waals surface area contributed by atoms with Crippen molar-refractivity contribution in [2.75, 3.05) is 13.1 Å². The van der Waals surface area contributed by atoms with Crippen molar-refractivity contribution >= 4 is 11.9 Å². The summed E-state index contributed by atoms with van der Waals surface area (Å²) in [4.78, 5) is 11.0. The van der Waals surface area contributed by atoms with Crippen LogP contribution < -0.4 is 4.72 Å². The van der Waals surface area contributed by atoms with Gasteiger partial charge >= 0.3 is 6.18 Å². The molecule has 2 heterocycles. The second-order valence-electron chi connectivity index (χ2n) is 7.29. The van der Waals surface area contributed by atoms with Crippen LogP contribution in [0.3, 0.4) is 0 Å². The highest BCUT2D eigenvalue weighted by molar-refractivity contribution is 7.97. The number of nitrogens with zero attached hydrogens (tertiary/aromatic N) is 3. The normalized spacial score (nSPS) is 17.4. The average Bonchev–Trinajstić information content (AvgIpc) is 3.20. The highest BCUT2D eigenvalue weighted by Crippen LogP contribution is 2.31. The molecule has 1 saturated heterocycles. The standard InChI is InChI=1S/C22H21F3N4S/c23-22(24,25)19-2-1-3-21(10-19)30-28-20-8-9-29(14-20)13-16-4-6-17(7-5-16)18-11-26-15-27-12-18/h1-7,10-12,15,20,28H,8-9,13-14H2. The van der Waals surface area contributed by atoms with Crippen molar-refractivity contribution in [3.63, 3.8) is 0 Å². The predicted molar refractivity (Wildman–Crippen MR) is 112 cm³/mol. The maximum Gasteiger partial charge on any atom is 0.416 e. The average molecular weight is 430 g/mol. The fourth-order valence-corrected chi connectivity index (χ4v) is 4.30. The van der Waals surface area contributed by atoms with Crippen LogP contribution in [0.2, 0.25) is 0 Å². The molecule has 4 rings (SSSR count). The van der Waals surface area contributed by atoms with Gasteiger partial charge in [0.05, 0.1) is 5.56 Å². The Labute approximate surface area is 177 Å². The van der Waals surface area contributed by atoms with Gasteiger partial charge < -0.3 is 0 Å². The zero-order chi connectivity index (χ0) is 21.0. The smallest absolute Gasteiger partial charge is 0.297 e. The van der Waals surface area contributed by atoms with Gasteiger partial charge in [-0.2, -0.15) is 13.2 Å². The van der Waals surface area contributed by atoms with Crippen molar-refractivity contribution < 1.29 is 13.2 Å². The van der Waals surface area contributed by atoms with E-state index in [1.54, 1.807) is 18.5 Å². The Kier molecular flexibility index (Phi) is 6.36. The van der Waals surface area contributed by atoms with Gasteiger partial charge in [-0.15, -0.1) is 0 Å². The number of alkyl halides is 3. The van der Waals surface area contributed by atoms with Crippen LogP contribution in [0.5, 0.6) is 0 Å². The van der Waals surface area contributed by atoms with Gasteiger partial charge in [-0.05, 0) is 47.7 Å². The molecule has 0 amide bonds. The summed E-state index contributed by atoms with van der Waals surface area (Å²) >= 11 is 1.27. The topological polar surface area (TPSA) is 41.0 Å². The molecule has 0 saturated carbocycles. The Bertz CT molecular complexity index is 964. The number of hydrogen-bond acceptors (Lipinski definition) is 5. The third kappa shape index (κ3) is 5.38. The van der Waals surface area contributed by atoms with Gasteiger partial charge in [0.25, 0.3) is 0 Å². The molecule has 0 radical (unpaired) electrons. The van der Waals surface area contributed by atoms with Crippen molar-refractivity contribution in [2.45, 2.75) is 30.1 Å². The Morgan fingerprint density at radius 1 is 1.03 bits per heavy atom. The fraction of sp³-hybridized carbons (Fsp3) is 0.273. The largest absolute Gasteiger partial charge is 0.416 e. The molecular formula is C22H21F3N4S. The lowest BCUT2D eigenvalue weighted by atomic mass is 10.1. The van der Waals surface area contributed by atoms with E-state index >= 15 is 0 Å². The van der Waals surface area contributed by atoms with Crippen molar-refractivity contribution in [1.82, 2.24) is 19.6 Å². The summed E-state index contributed by atoms with van der Waals surface area (Å²) in [7, 11) is 0. The van der Waals surface area contributed by atoms with Crippen LogP contribution in [0.15, 0.2) is 72.1 Å². The van der Waals surface area contributed by atoms with E-state index in [0.29, 0.717) is 4.90 Å². The van der Waals surface area contributed by atoms with Gasteiger partial charge in [0.1, 0.15) is 6.33 Å². The van der Waals surface area contributed by atoms with Crippen LogP contribution in [0.4, 0.5) is 13.2 Å². The van der Waals surface area contributed by atoms with Gasteiger partial charge in [-0.1, -0.05) is 30.3 Å². The molecule has 30 heavy (non-hydrogen) atoms. The molecule has 0 aliphatic carbocycles. The second-order valence-corrected chi connectivity index (χ2v) is 8.20. The second kappa shape index (κ2) is 9.16. The highest BCUT2D eigenvalue weighted by atomic mass is 32.2. The first-order valence-electron chi connectivity index (χ1n) is 9.64. The Balaban J connectivity index is 1.28. The highest BCUT2D eigenvalue weighted by Gasteiger charge is 2.30. The van der Waals surface area contributed by atoms with Crippen LogP contribution in [0.1, 0.15) is 17.5 Å². The predicted octanol–water partition coefficient (Wildman–Crippen LogP) is 5.03. The molecule has 1 fully saturated rings. The lowest BCUT2D eigenvalue weighted by Crippen LogP contribution is -2.28. The van der Waals surface area contributed by atoms with E-state index in [9.17, 15) is 13.2 Å². The zero-order valence-corrected chi connectivity index (χ0v) is 17.0. The zero-order valence-electron chi connectivity index (χ0n) is 16.1. The van der Waals surface area contributed by atoms with E-state index in [-0.39, 0.29) is 6.04 Å². The van der Waals surface area contributed by atoms with Crippen LogP contribution in [-0.4, -0.2) is 34.0 Å². The SMILES string of the molecule is FC(F)(F)c1cccc(SNC2CCN(Cc3ccc(-c4cncnc4)cc3)C2)c1. The molecule has 3 aromatic rings. The number of halogens is 3. The number of aromatic nitrogens is 2. The monoisotopic (exact) mass is 430 g/mol. The van der Waals surface area contributed by atoms with Crippen molar-refractivity contribution in [1.29, 1.82) is 0 Å². The van der Waals surface area contributed by atoms with Crippen LogP contribution in [0, 0.1) is 0 Å². The Morgan fingerprint density at radius 3 is 2.53 bits per heavy atom. The van der Waals surface area contributed by atoms with Crippen LogP contribution in [0.25, 0.3) is 11.1 Å². The molecule has 1 atom stereocenters. The fourth-order valence-electron chi connectivity index (χ4n) is 3.47. The minimum absolute atomic E-state index is 0.241. The van der Waals surface area contributed by atoms with E-state index in [1.165, 1.54) is 36.0 Å². The molecule has 1 N–H and O–H groups in total. The number of benzene rings is 2. The number of nitrogens with one attached hydrogen (secondary N) is 1. The number of likely N-dealkylation sites (tertiary alicyclic amines) is 1. The molecule has 8 heteroatoms. The molecule has 1 aromatic heterocycles. The van der Waals surface area contributed by atoms with Crippen molar-refractivity contribution in [3.8, 4) is 11.1 Å². The summed E-state index contributed by atoms with van der Waals surface area (Å²) in [6.45, 7) is 2.66. The van der Waals surface area contributed by atoms with Gasteiger partial charge in [0, 0.05) is 48.5 Å². The summed E-state index contributed by atoms with van der Waals surface area (Å²) < 4.78 is 41.9. The third-order valence-electron chi connectivity index (χ3n) is 5.03. The summed E-state index contributed by atoms with van der Waals surface area (Å²) in [6.07, 6.45) is 1.75. The van der Waals surface area contributed by atoms with Gasteiger partial charge in [-0.25, -0.2) is 9.97 Å². The molecule has 1 aliphatic heterocycles. The quantitative estimate of drug-likeness (QED) is 0.556. The van der Waals surface area contributed by atoms with E-state index in [0.717, 1.165) is 43.2 Å². The van der Waals surface area contributed by atoms with Crippen molar-refractivity contribution in [3.05, 3.63) is 78.4 Å². The van der Waals surface area contributed by atoms with Crippen molar-refractivity contribution in [2.24, 2.45) is 0 Å².